The number of aromatic nitrogens is 1. The highest BCUT2D eigenvalue weighted by atomic mass is 32.1. The largest absolute Gasteiger partial charge is 0.497 e. The summed E-state index contributed by atoms with van der Waals surface area (Å²) in [6, 6.07) is 29.2. The second-order valence-electron chi connectivity index (χ2n) is 10.7. The number of nitrogens with zero attached hydrogens (tertiary/aromatic N) is 2. The van der Waals surface area contributed by atoms with Crippen LogP contribution < -0.4 is 39.2 Å². The van der Waals surface area contributed by atoms with Gasteiger partial charge in [-0.15, -0.1) is 0 Å². The molecule has 0 aliphatic carbocycles. The van der Waals surface area contributed by atoms with Crippen molar-refractivity contribution in [1.82, 2.24) is 4.57 Å². The Kier molecular flexibility index (Phi) is 7.86. The Balaban J connectivity index is 1.20. The van der Waals surface area contributed by atoms with Gasteiger partial charge in [-0.1, -0.05) is 59.9 Å². The van der Waals surface area contributed by atoms with Gasteiger partial charge in [-0.2, -0.15) is 0 Å². The number of nitrogens with one attached hydrogen (secondary N) is 1. The summed E-state index contributed by atoms with van der Waals surface area (Å²) in [4.78, 5) is 33.1. The number of thiazole rings is 1. The van der Waals surface area contributed by atoms with Gasteiger partial charge in [0.25, 0.3) is 11.5 Å². The Labute approximate surface area is 268 Å². The van der Waals surface area contributed by atoms with Gasteiger partial charge in [0.2, 0.25) is 6.79 Å². The Hall–Kier alpha value is -5.61. The monoisotopic (exact) mass is 631 g/mol. The fourth-order valence-corrected chi connectivity index (χ4v) is 6.51. The van der Waals surface area contributed by atoms with Gasteiger partial charge in [-0.3, -0.25) is 14.2 Å². The van der Waals surface area contributed by atoms with Crippen molar-refractivity contribution < 1.29 is 23.7 Å². The van der Waals surface area contributed by atoms with E-state index in [2.05, 4.69) is 5.32 Å². The number of fused-ring (bicyclic) bond motifs is 2. The molecule has 0 fully saturated rings. The molecular weight excluding hydrogens is 602 g/mol. The van der Waals surface area contributed by atoms with Crippen molar-refractivity contribution in [2.24, 2.45) is 4.99 Å². The van der Waals surface area contributed by atoms with E-state index in [-0.39, 0.29) is 18.3 Å². The minimum absolute atomic E-state index is 0.227. The topological polar surface area (TPSA) is 100 Å². The zero-order valence-corrected chi connectivity index (χ0v) is 25.9. The molecule has 2 aliphatic heterocycles. The van der Waals surface area contributed by atoms with Gasteiger partial charge >= 0.3 is 0 Å². The maximum absolute atomic E-state index is 14.0. The summed E-state index contributed by atoms with van der Waals surface area (Å²) in [5.74, 6) is 2.43. The van der Waals surface area contributed by atoms with Crippen molar-refractivity contribution in [2.45, 2.75) is 19.6 Å². The first-order valence-electron chi connectivity index (χ1n) is 14.6. The van der Waals surface area contributed by atoms with Crippen LogP contribution in [0.15, 0.2) is 118 Å². The maximum atomic E-state index is 14.0. The summed E-state index contributed by atoms with van der Waals surface area (Å²) < 4.78 is 24.4. The lowest BCUT2D eigenvalue weighted by Gasteiger charge is -2.25. The van der Waals surface area contributed by atoms with E-state index < -0.39 is 6.04 Å². The van der Waals surface area contributed by atoms with E-state index in [1.807, 2.05) is 103 Å². The average molecular weight is 632 g/mol. The number of rotatable bonds is 8. The van der Waals surface area contributed by atoms with E-state index in [4.69, 9.17) is 23.9 Å². The van der Waals surface area contributed by atoms with Crippen molar-refractivity contribution in [3.8, 4) is 23.0 Å². The van der Waals surface area contributed by atoms with Gasteiger partial charge in [0.05, 0.1) is 29.0 Å². The van der Waals surface area contributed by atoms with Gasteiger partial charge in [-0.25, -0.2) is 4.99 Å². The lowest BCUT2D eigenvalue weighted by Crippen LogP contribution is -2.40. The first kappa shape index (κ1) is 29.1. The number of hydrogen-bond donors (Lipinski definition) is 1. The second-order valence-corrected chi connectivity index (χ2v) is 11.7. The van der Waals surface area contributed by atoms with Crippen LogP contribution in [0.25, 0.3) is 6.08 Å². The number of allylic oxidation sites excluding steroid dienone is 1. The molecule has 5 aromatic rings. The minimum atomic E-state index is -0.704. The number of carbonyl (C=O) groups excluding carboxylic acids is 1. The molecule has 0 radical (unpaired) electrons. The summed E-state index contributed by atoms with van der Waals surface area (Å²) in [6.45, 7) is 2.40. The molecule has 0 bridgehead atoms. The third-order valence-electron chi connectivity index (χ3n) is 7.73. The molecule has 1 aromatic heterocycles. The molecule has 46 heavy (non-hydrogen) atoms. The second kappa shape index (κ2) is 12.4. The third-order valence-corrected chi connectivity index (χ3v) is 8.71. The molecule has 0 spiro atoms. The Morgan fingerprint density at radius 3 is 2.59 bits per heavy atom. The van der Waals surface area contributed by atoms with E-state index in [1.165, 1.54) is 11.3 Å². The van der Waals surface area contributed by atoms with E-state index >= 15 is 0 Å². The van der Waals surface area contributed by atoms with Crippen LogP contribution >= 0.6 is 11.3 Å². The van der Waals surface area contributed by atoms with E-state index in [9.17, 15) is 9.59 Å². The summed E-state index contributed by atoms with van der Waals surface area (Å²) in [5, 5.41) is 2.97. The van der Waals surface area contributed by atoms with Crippen LogP contribution in [0, 0.1) is 0 Å². The lowest BCUT2D eigenvalue weighted by atomic mass is 9.95. The lowest BCUT2D eigenvalue weighted by molar-refractivity contribution is -0.113. The molecule has 230 valence electrons. The van der Waals surface area contributed by atoms with Crippen molar-refractivity contribution >= 4 is 29.0 Å². The summed E-state index contributed by atoms with van der Waals surface area (Å²) in [5.41, 5.74) is 3.88. The van der Waals surface area contributed by atoms with Crippen molar-refractivity contribution in [3.05, 3.63) is 145 Å². The SMILES string of the molecule is COc1cccc([C@H]2C(C(=O)Nc3ccccc3)=C(C)N=c3s/c(=C\c4ccc(OCc5ccc6c(c5)OCO6)cc4)c(=O)n32)c1. The molecule has 9 nitrogen and oxygen atoms in total. The summed E-state index contributed by atoms with van der Waals surface area (Å²) >= 11 is 1.29. The van der Waals surface area contributed by atoms with Crippen LogP contribution in [0.5, 0.6) is 23.0 Å². The predicted octanol–water partition coefficient (Wildman–Crippen LogP) is 5.19. The number of hydrogen-bond acceptors (Lipinski definition) is 8. The van der Waals surface area contributed by atoms with Crippen LogP contribution in [0.2, 0.25) is 0 Å². The van der Waals surface area contributed by atoms with E-state index in [0.29, 0.717) is 50.1 Å². The molecule has 0 unspecified atom stereocenters. The number of amides is 1. The molecule has 3 heterocycles. The smallest absolute Gasteiger partial charge is 0.271 e. The zero-order valence-electron chi connectivity index (χ0n) is 25.1. The first-order valence-corrected chi connectivity index (χ1v) is 15.4. The molecular formula is C36H29N3O6S. The Morgan fingerprint density at radius 2 is 1.78 bits per heavy atom. The molecule has 1 N–H and O–H groups in total. The van der Waals surface area contributed by atoms with Crippen LogP contribution in [-0.2, 0) is 11.4 Å². The van der Waals surface area contributed by atoms with E-state index in [1.54, 1.807) is 18.6 Å². The maximum Gasteiger partial charge on any atom is 0.271 e. The number of para-hydroxylation sites is 1. The highest BCUT2D eigenvalue weighted by Gasteiger charge is 2.32. The van der Waals surface area contributed by atoms with Gasteiger partial charge in [0, 0.05) is 5.69 Å². The predicted molar refractivity (Wildman–Crippen MR) is 175 cm³/mol. The standard InChI is InChI=1S/C36H29N3O6S/c1-22-32(34(40)38-26-8-4-3-5-9-26)33(25-7-6-10-28(19-25)42-2)39-35(41)31(46-36(39)37-22)18-23-11-14-27(15-12-23)43-20-24-13-16-29-30(17-24)45-21-44-29/h3-19,33H,20-21H2,1-2H3,(H,38,40)/b31-18-/t33-/m0/s1. The van der Waals surface area contributed by atoms with Crippen LogP contribution in [0.4, 0.5) is 5.69 Å². The molecule has 0 saturated carbocycles. The fraction of sp³-hybridized carbons (Fsp3) is 0.139. The van der Waals surface area contributed by atoms with E-state index in [0.717, 1.165) is 22.4 Å². The summed E-state index contributed by atoms with van der Waals surface area (Å²) in [7, 11) is 1.59. The van der Waals surface area contributed by atoms with Crippen molar-refractivity contribution in [3.63, 3.8) is 0 Å². The van der Waals surface area contributed by atoms with Gasteiger partial charge in [0.1, 0.15) is 18.1 Å². The van der Waals surface area contributed by atoms with Gasteiger partial charge in [0.15, 0.2) is 16.3 Å². The molecule has 0 saturated heterocycles. The first-order chi connectivity index (χ1) is 22.5. The number of methoxy groups -OCH3 is 1. The average Bonchev–Trinajstić information content (AvgIpc) is 3.67. The molecule has 4 aromatic carbocycles. The quantitative estimate of drug-likeness (QED) is 0.253. The number of benzene rings is 4. The molecule has 1 amide bonds. The minimum Gasteiger partial charge on any atom is -0.497 e. The highest BCUT2D eigenvalue weighted by molar-refractivity contribution is 7.07. The van der Waals surface area contributed by atoms with Gasteiger partial charge < -0.3 is 24.3 Å². The Morgan fingerprint density at radius 1 is 0.978 bits per heavy atom. The Bertz CT molecular complexity index is 2150. The third kappa shape index (κ3) is 5.78. The fourth-order valence-electron chi connectivity index (χ4n) is 5.47. The van der Waals surface area contributed by atoms with Crippen LogP contribution in [-0.4, -0.2) is 24.4 Å². The van der Waals surface area contributed by atoms with Crippen LogP contribution in [0.3, 0.4) is 0 Å². The number of ether oxygens (including phenoxy) is 4. The zero-order chi connectivity index (χ0) is 31.6. The molecule has 10 heteroatoms. The highest BCUT2D eigenvalue weighted by Crippen LogP contribution is 2.34. The summed E-state index contributed by atoms with van der Waals surface area (Å²) in [6.07, 6.45) is 1.83. The van der Waals surface area contributed by atoms with Crippen LogP contribution in [0.1, 0.15) is 29.7 Å². The van der Waals surface area contributed by atoms with Crippen molar-refractivity contribution in [1.29, 1.82) is 0 Å². The molecule has 7 rings (SSSR count). The normalized spacial score (nSPS) is 15.3. The molecule has 2 aliphatic rings. The van der Waals surface area contributed by atoms with Gasteiger partial charge in [-0.05, 0) is 78.2 Å². The van der Waals surface area contributed by atoms with Crippen molar-refractivity contribution in [2.75, 3.05) is 19.2 Å². The number of carbonyl (C=O) groups is 1. The molecule has 1 atom stereocenters. The number of anilines is 1.